The minimum atomic E-state index is -3.21. The molecule has 2 saturated heterocycles. The zero-order valence-electron chi connectivity index (χ0n) is 19.0. The van der Waals surface area contributed by atoms with Gasteiger partial charge in [-0.3, -0.25) is 13.9 Å². The monoisotopic (exact) mass is 532 g/mol. The van der Waals surface area contributed by atoms with Gasteiger partial charge in [0.1, 0.15) is 0 Å². The van der Waals surface area contributed by atoms with E-state index in [4.69, 9.17) is 5.73 Å². The van der Waals surface area contributed by atoms with Gasteiger partial charge in [0.05, 0.1) is 11.8 Å². The Morgan fingerprint density at radius 1 is 1.21 bits per heavy atom. The van der Waals surface area contributed by atoms with Crippen molar-refractivity contribution in [3.63, 3.8) is 0 Å². The van der Waals surface area contributed by atoms with Crippen LogP contribution in [0.5, 0.6) is 0 Å². The van der Waals surface area contributed by atoms with Gasteiger partial charge in [-0.2, -0.15) is 4.31 Å². The van der Waals surface area contributed by atoms with Gasteiger partial charge in [0.2, 0.25) is 15.9 Å². The van der Waals surface area contributed by atoms with Gasteiger partial charge in [0.15, 0.2) is 5.13 Å². The SMILES string of the molecule is CCCCS(=O)(=O)N1CCN([C@H]2CCN(c3ccc(S(=O)[O-])cc3)C2=O)CC1.Nc1nccs1.[HH].[HH]. The van der Waals surface area contributed by atoms with Gasteiger partial charge in [-0.25, -0.2) is 13.4 Å². The maximum Gasteiger partial charge on any atom is 0.244 e. The number of unbranched alkanes of at least 4 members (excludes halogenated alkanes) is 1. The van der Waals surface area contributed by atoms with E-state index >= 15 is 0 Å². The van der Waals surface area contributed by atoms with Crippen LogP contribution in [-0.4, -0.2) is 81.8 Å². The number of thiazole rings is 1. The average molecular weight is 533 g/mol. The molecule has 192 valence electrons. The summed E-state index contributed by atoms with van der Waals surface area (Å²) in [5.74, 6) is 0.169. The minimum Gasteiger partial charge on any atom is -0.768 e. The molecule has 0 aliphatic carbocycles. The third kappa shape index (κ3) is 6.83. The molecule has 3 heterocycles. The number of rotatable bonds is 7. The van der Waals surface area contributed by atoms with Crippen LogP contribution in [0.1, 0.15) is 29.0 Å². The lowest BCUT2D eigenvalue weighted by Gasteiger charge is -2.36. The number of nitrogens with two attached hydrogens (primary N) is 1. The number of amides is 1. The van der Waals surface area contributed by atoms with Crippen molar-refractivity contribution in [1.29, 1.82) is 0 Å². The van der Waals surface area contributed by atoms with E-state index in [0.717, 1.165) is 6.42 Å². The van der Waals surface area contributed by atoms with Gasteiger partial charge in [0.25, 0.3) is 0 Å². The van der Waals surface area contributed by atoms with Crippen molar-refractivity contribution < 1.29 is 24.8 Å². The quantitative estimate of drug-likeness (QED) is 0.534. The molecule has 13 heteroatoms. The van der Waals surface area contributed by atoms with Crippen molar-refractivity contribution in [3.8, 4) is 0 Å². The number of aromatic nitrogens is 1. The summed E-state index contributed by atoms with van der Waals surface area (Å²) in [6, 6.07) is 6.00. The van der Waals surface area contributed by atoms with Crippen LogP contribution >= 0.6 is 11.3 Å². The molecule has 2 fully saturated rings. The normalized spacial score (nSPS) is 20.7. The fourth-order valence-electron chi connectivity index (χ4n) is 3.98. The lowest BCUT2D eigenvalue weighted by Crippen LogP contribution is -2.54. The van der Waals surface area contributed by atoms with Crippen molar-refractivity contribution in [3.05, 3.63) is 35.8 Å². The number of hydrogen-bond donors (Lipinski definition) is 1. The van der Waals surface area contributed by atoms with Gasteiger partial charge in [0, 0.05) is 57.7 Å². The Kier molecular flexibility index (Phi) is 9.56. The van der Waals surface area contributed by atoms with E-state index in [2.05, 4.69) is 9.88 Å². The third-order valence-electron chi connectivity index (χ3n) is 5.83. The second-order valence-corrected chi connectivity index (χ2v) is 12.0. The summed E-state index contributed by atoms with van der Waals surface area (Å²) in [5.41, 5.74) is 5.87. The molecule has 2 aromatic rings. The number of piperazine rings is 1. The molecule has 10 nitrogen and oxygen atoms in total. The molecule has 4 rings (SSSR count). The second-order valence-electron chi connectivity index (χ2n) is 8.00. The number of anilines is 2. The highest BCUT2D eigenvalue weighted by molar-refractivity contribution is 7.89. The smallest absolute Gasteiger partial charge is 0.244 e. The van der Waals surface area contributed by atoms with Crippen LogP contribution in [0, 0.1) is 0 Å². The highest BCUT2D eigenvalue weighted by Crippen LogP contribution is 2.26. The summed E-state index contributed by atoms with van der Waals surface area (Å²) in [6.45, 7) is 4.46. The number of carbonyl (C=O) groups excluding carboxylic acids is 1. The van der Waals surface area contributed by atoms with E-state index in [-0.39, 0.29) is 25.5 Å². The summed E-state index contributed by atoms with van der Waals surface area (Å²) in [7, 11) is -3.21. The molecule has 2 aliphatic rings. The fourth-order valence-corrected chi connectivity index (χ4v) is 6.35. The van der Waals surface area contributed by atoms with Crippen LogP contribution in [0.2, 0.25) is 0 Å². The maximum atomic E-state index is 12.9. The first-order valence-electron chi connectivity index (χ1n) is 11.1. The number of nitrogen functional groups attached to an aromatic ring is 1. The Morgan fingerprint density at radius 3 is 2.38 bits per heavy atom. The number of nitrogens with zero attached hydrogens (tertiary/aromatic N) is 4. The Hall–Kier alpha value is -1.90. The molecule has 0 saturated carbocycles. The Bertz CT molecular complexity index is 1070. The molecule has 2 atom stereocenters. The van der Waals surface area contributed by atoms with Crippen molar-refractivity contribution in [1.82, 2.24) is 14.2 Å². The number of benzene rings is 1. The fraction of sp³-hybridized carbons (Fsp3) is 0.524. The third-order valence-corrected chi connectivity index (χ3v) is 9.05. The molecule has 1 aromatic carbocycles. The Balaban J connectivity index is 0.000000711. The van der Waals surface area contributed by atoms with Crippen LogP contribution < -0.4 is 10.6 Å². The lowest BCUT2D eigenvalue weighted by molar-refractivity contribution is -0.122. The molecular weight excluding hydrogens is 498 g/mol. The summed E-state index contributed by atoms with van der Waals surface area (Å²) >= 11 is -0.843. The predicted octanol–water partition coefficient (Wildman–Crippen LogP) is 1.99. The number of carbonyl (C=O) groups is 1. The first kappa shape index (κ1) is 26.7. The van der Waals surface area contributed by atoms with E-state index < -0.39 is 21.1 Å². The molecule has 1 amide bonds. The molecule has 34 heavy (non-hydrogen) atoms. The molecule has 0 bridgehead atoms. The van der Waals surface area contributed by atoms with E-state index in [1.807, 2.05) is 12.3 Å². The molecular formula is C21H34N5O5S3-. The van der Waals surface area contributed by atoms with Gasteiger partial charge < -0.3 is 15.2 Å². The molecule has 1 unspecified atom stereocenters. The van der Waals surface area contributed by atoms with E-state index in [1.54, 1.807) is 23.2 Å². The first-order valence-corrected chi connectivity index (χ1v) is 14.7. The molecule has 0 spiro atoms. The lowest BCUT2D eigenvalue weighted by atomic mass is 10.2. The predicted molar refractivity (Wildman–Crippen MR) is 137 cm³/mol. The Labute approximate surface area is 210 Å². The standard InChI is InChI=1S/C18H27N3O5S2.C3H4N2S.2H2/c1-2-3-14-28(25,26)20-12-10-19(11-13-20)17-8-9-21(18(17)22)15-4-6-16(7-5-15)27(23)24;4-3-5-1-2-6-3;;/h4-7,17H,2-3,8-14H2,1H3,(H,23,24);1-2H,(H2,4,5);2*1H/p-1/t17-;;;/m0.../s1. The molecule has 0 radical (unpaired) electrons. The van der Waals surface area contributed by atoms with Gasteiger partial charge >= 0.3 is 0 Å². The van der Waals surface area contributed by atoms with E-state index in [9.17, 15) is 22.0 Å². The van der Waals surface area contributed by atoms with Crippen molar-refractivity contribution in [2.75, 3.05) is 49.1 Å². The summed E-state index contributed by atoms with van der Waals surface area (Å²) in [5, 5.41) is 2.48. The average Bonchev–Trinajstić information content (AvgIpc) is 3.47. The van der Waals surface area contributed by atoms with Crippen molar-refractivity contribution in [2.45, 2.75) is 37.1 Å². The van der Waals surface area contributed by atoms with Crippen LogP contribution in [-0.2, 0) is 25.9 Å². The van der Waals surface area contributed by atoms with Crippen LogP contribution in [0.3, 0.4) is 0 Å². The molecule has 2 aliphatic heterocycles. The van der Waals surface area contributed by atoms with Gasteiger partial charge in [-0.15, -0.1) is 11.3 Å². The summed E-state index contributed by atoms with van der Waals surface area (Å²) in [4.78, 5) is 20.5. The maximum absolute atomic E-state index is 12.9. The van der Waals surface area contributed by atoms with Crippen LogP contribution in [0.4, 0.5) is 10.8 Å². The summed E-state index contributed by atoms with van der Waals surface area (Å²) < 4.78 is 48.2. The van der Waals surface area contributed by atoms with E-state index in [1.165, 1.54) is 27.8 Å². The van der Waals surface area contributed by atoms with Crippen molar-refractivity contribution >= 4 is 49.2 Å². The highest BCUT2D eigenvalue weighted by Gasteiger charge is 2.39. The minimum absolute atomic E-state index is 0. The number of hydrogen-bond acceptors (Lipinski definition) is 9. The zero-order chi connectivity index (χ0) is 24.7. The van der Waals surface area contributed by atoms with Crippen molar-refractivity contribution in [2.24, 2.45) is 0 Å². The summed E-state index contributed by atoms with van der Waals surface area (Å²) in [6.07, 6.45) is 3.87. The van der Waals surface area contributed by atoms with Gasteiger partial charge in [-0.1, -0.05) is 13.3 Å². The topological polar surface area (TPSA) is 140 Å². The van der Waals surface area contributed by atoms with Gasteiger partial charge in [-0.05, 0) is 48.2 Å². The zero-order valence-corrected chi connectivity index (χ0v) is 21.5. The van der Waals surface area contributed by atoms with E-state index in [0.29, 0.717) is 56.4 Å². The second kappa shape index (κ2) is 12.2. The highest BCUT2D eigenvalue weighted by atomic mass is 32.2. The molecule has 2 N–H and O–H groups in total. The largest absolute Gasteiger partial charge is 0.768 e. The number of sulfonamides is 1. The Morgan fingerprint density at radius 2 is 1.88 bits per heavy atom. The molecule has 1 aromatic heterocycles. The van der Waals surface area contributed by atoms with Crippen LogP contribution in [0.15, 0.2) is 40.7 Å². The van der Waals surface area contributed by atoms with Crippen LogP contribution in [0.25, 0.3) is 0 Å². The first-order chi connectivity index (χ1) is 16.2.